The first-order valence-electron chi connectivity index (χ1n) is 5.74. The zero-order chi connectivity index (χ0) is 12.3. The highest BCUT2D eigenvalue weighted by Crippen LogP contribution is 2.18. The number of likely N-dealkylation sites (N-methyl/N-ethyl adjacent to an activating group) is 1. The zero-order valence-electron chi connectivity index (χ0n) is 10.5. The highest BCUT2D eigenvalue weighted by molar-refractivity contribution is 5.57. The molecular formula is C12H20N2O2. The predicted molar refractivity (Wildman–Crippen MR) is 67.1 cm³/mol. The lowest BCUT2D eigenvalue weighted by Crippen LogP contribution is -2.40. The standard InChI is InChI=1S/C12H20N2O2/c1-5-14(4)7-6-13-10-9(8(2)3)11(15)12(10)16/h8,13H,5-7H2,1-4H3. The van der Waals surface area contributed by atoms with Gasteiger partial charge < -0.3 is 10.2 Å². The number of anilines is 1. The molecule has 0 saturated heterocycles. The number of hydrogen-bond donors (Lipinski definition) is 1. The minimum atomic E-state index is -0.358. The summed E-state index contributed by atoms with van der Waals surface area (Å²) in [5.41, 5.74) is 0.512. The summed E-state index contributed by atoms with van der Waals surface area (Å²) in [5.74, 6) is 0.122. The van der Waals surface area contributed by atoms with Gasteiger partial charge in [-0.2, -0.15) is 0 Å². The molecule has 0 aliphatic heterocycles. The molecule has 0 saturated carbocycles. The molecule has 90 valence electrons. The van der Waals surface area contributed by atoms with Gasteiger partial charge in [-0.15, -0.1) is 0 Å². The number of nitrogens with zero attached hydrogens (tertiary/aromatic N) is 1. The van der Waals surface area contributed by atoms with Gasteiger partial charge in [-0.1, -0.05) is 20.8 Å². The fraction of sp³-hybridized carbons (Fsp3) is 0.667. The Bertz CT molecular complexity index is 417. The fourth-order valence-corrected chi connectivity index (χ4v) is 1.67. The van der Waals surface area contributed by atoms with Crippen LogP contribution >= 0.6 is 0 Å². The van der Waals surface area contributed by atoms with E-state index in [0.29, 0.717) is 17.8 Å². The van der Waals surface area contributed by atoms with Gasteiger partial charge in [-0.05, 0) is 19.5 Å². The number of rotatable bonds is 6. The van der Waals surface area contributed by atoms with Gasteiger partial charge in [0.2, 0.25) is 10.9 Å². The molecule has 0 aromatic heterocycles. The summed E-state index contributed by atoms with van der Waals surface area (Å²) in [6.45, 7) is 8.49. The van der Waals surface area contributed by atoms with E-state index in [4.69, 9.17) is 0 Å². The Morgan fingerprint density at radius 2 is 1.88 bits per heavy atom. The molecule has 0 atom stereocenters. The predicted octanol–water partition coefficient (Wildman–Crippen LogP) is 0.770. The molecule has 4 nitrogen and oxygen atoms in total. The third-order valence-electron chi connectivity index (χ3n) is 2.86. The van der Waals surface area contributed by atoms with Crippen LogP contribution in [0.4, 0.5) is 5.69 Å². The van der Waals surface area contributed by atoms with Crippen molar-refractivity contribution in [1.29, 1.82) is 0 Å². The van der Waals surface area contributed by atoms with Crippen LogP contribution in [0.5, 0.6) is 0 Å². The number of nitrogens with one attached hydrogen (secondary N) is 1. The van der Waals surface area contributed by atoms with Gasteiger partial charge in [0.05, 0.1) is 5.69 Å². The van der Waals surface area contributed by atoms with Gasteiger partial charge in [-0.25, -0.2) is 0 Å². The largest absolute Gasteiger partial charge is 0.380 e. The minimum Gasteiger partial charge on any atom is -0.380 e. The van der Waals surface area contributed by atoms with E-state index in [2.05, 4.69) is 17.1 Å². The third-order valence-corrected chi connectivity index (χ3v) is 2.86. The Balaban J connectivity index is 2.59. The van der Waals surface area contributed by atoms with Crippen LogP contribution in [0.25, 0.3) is 0 Å². The van der Waals surface area contributed by atoms with Crippen LogP contribution in [-0.2, 0) is 0 Å². The van der Waals surface area contributed by atoms with E-state index >= 15 is 0 Å². The Labute approximate surface area is 96.0 Å². The van der Waals surface area contributed by atoms with Gasteiger partial charge in [0.15, 0.2) is 0 Å². The van der Waals surface area contributed by atoms with Gasteiger partial charge in [0, 0.05) is 18.7 Å². The molecule has 0 spiro atoms. The molecule has 0 unspecified atom stereocenters. The molecule has 1 rings (SSSR count). The molecule has 0 amide bonds. The van der Waals surface area contributed by atoms with Crippen LogP contribution in [0.1, 0.15) is 32.3 Å². The number of hydrogen-bond acceptors (Lipinski definition) is 4. The molecular weight excluding hydrogens is 204 g/mol. The maximum Gasteiger partial charge on any atom is 0.249 e. The lowest BCUT2D eigenvalue weighted by molar-refractivity contribution is 0.367. The monoisotopic (exact) mass is 224 g/mol. The molecule has 0 bridgehead atoms. The lowest BCUT2D eigenvalue weighted by atomic mass is 9.96. The van der Waals surface area contributed by atoms with Crippen LogP contribution in [0, 0.1) is 0 Å². The topological polar surface area (TPSA) is 49.4 Å². The van der Waals surface area contributed by atoms with Crippen molar-refractivity contribution in [1.82, 2.24) is 4.90 Å². The first kappa shape index (κ1) is 12.9. The minimum absolute atomic E-state index is 0.122. The molecule has 0 aliphatic rings. The van der Waals surface area contributed by atoms with Crippen molar-refractivity contribution in [3.63, 3.8) is 0 Å². The molecule has 4 heteroatoms. The molecule has 0 aliphatic carbocycles. The first-order chi connectivity index (χ1) is 7.49. The van der Waals surface area contributed by atoms with Crippen molar-refractivity contribution in [2.45, 2.75) is 26.7 Å². The summed E-state index contributed by atoms with van der Waals surface area (Å²) in [6, 6.07) is 0. The van der Waals surface area contributed by atoms with E-state index in [9.17, 15) is 9.59 Å². The summed E-state index contributed by atoms with van der Waals surface area (Å²) in [5, 5.41) is 3.06. The van der Waals surface area contributed by atoms with Crippen molar-refractivity contribution < 1.29 is 0 Å². The molecule has 1 aromatic rings. The van der Waals surface area contributed by atoms with Crippen LogP contribution in [0.2, 0.25) is 0 Å². The average molecular weight is 224 g/mol. The van der Waals surface area contributed by atoms with Gasteiger partial charge in [0.1, 0.15) is 0 Å². The fourth-order valence-electron chi connectivity index (χ4n) is 1.67. The van der Waals surface area contributed by atoms with E-state index in [1.807, 2.05) is 20.9 Å². The second kappa shape index (κ2) is 5.25. The zero-order valence-corrected chi connectivity index (χ0v) is 10.5. The van der Waals surface area contributed by atoms with Crippen molar-refractivity contribution >= 4 is 5.69 Å². The highest BCUT2D eigenvalue weighted by atomic mass is 16.2. The van der Waals surface area contributed by atoms with E-state index in [0.717, 1.165) is 13.1 Å². The summed E-state index contributed by atoms with van der Waals surface area (Å²) in [6.07, 6.45) is 0. The van der Waals surface area contributed by atoms with Crippen molar-refractivity contribution in [2.24, 2.45) is 0 Å². The average Bonchev–Trinajstić information content (AvgIpc) is 2.26. The van der Waals surface area contributed by atoms with E-state index in [1.54, 1.807) is 0 Å². The van der Waals surface area contributed by atoms with Gasteiger partial charge in [0.25, 0.3) is 0 Å². The lowest BCUT2D eigenvalue weighted by Gasteiger charge is -2.18. The Morgan fingerprint density at radius 1 is 1.25 bits per heavy atom. The SMILES string of the molecule is CCN(C)CCNc1c(C(C)C)c(=O)c1=O. The van der Waals surface area contributed by atoms with Gasteiger partial charge in [-0.3, -0.25) is 9.59 Å². The van der Waals surface area contributed by atoms with Crippen LogP contribution in [0.15, 0.2) is 9.59 Å². The molecule has 0 heterocycles. The quantitative estimate of drug-likeness (QED) is 0.725. The van der Waals surface area contributed by atoms with E-state index in [1.165, 1.54) is 0 Å². The van der Waals surface area contributed by atoms with Crippen molar-refractivity contribution in [3.05, 3.63) is 26.0 Å². The molecule has 0 fully saturated rings. The summed E-state index contributed by atoms with van der Waals surface area (Å²) < 4.78 is 0. The normalized spacial score (nSPS) is 11.6. The Kier molecular flexibility index (Phi) is 4.24. The van der Waals surface area contributed by atoms with Crippen molar-refractivity contribution in [2.75, 3.05) is 32.0 Å². The summed E-state index contributed by atoms with van der Waals surface area (Å²) in [7, 11) is 2.02. The Hall–Kier alpha value is -1.16. The highest BCUT2D eigenvalue weighted by Gasteiger charge is 2.22. The van der Waals surface area contributed by atoms with Crippen LogP contribution in [-0.4, -0.2) is 31.6 Å². The maximum absolute atomic E-state index is 11.3. The smallest absolute Gasteiger partial charge is 0.249 e. The summed E-state index contributed by atoms with van der Waals surface area (Å²) >= 11 is 0. The first-order valence-corrected chi connectivity index (χ1v) is 5.74. The molecule has 1 aromatic carbocycles. The third kappa shape index (κ3) is 2.50. The second-order valence-corrected chi connectivity index (χ2v) is 4.42. The van der Waals surface area contributed by atoms with E-state index in [-0.39, 0.29) is 16.8 Å². The molecule has 0 radical (unpaired) electrons. The van der Waals surface area contributed by atoms with Crippen LogP contribution < -0.4 is 16.2 Å². The Morgan fingerprint density at radius 3 is 2.38 bits per heavy atom. The van der Waals surface area contributed by atoms with Crippen LogP contribution in [0.3, 0.4) is 0 Å². The maximum atomic E-state index is 11.3. The second-order valence-electron chi connectivity index (χ2n) is 4.42. The van der Waals surface area contributed by atoms with E-state index < -0.39 is 0 Å². The molecule has 16 heavy (non-hydrogen) atoms. The summed E-state index contributed by atoms with van der Waals surface area (Å²) in [4.78, 5) is 24.8. The van der Waals surface area contributed by atoms with Gasteiger partial charge >= 0.3 is 0 Å². The van der Waals surface area contributed by atoms with Crippen molar-refractivity contribution in [3.8, 4) is 0 Å². The molecule has 1 N–H and O–H groups in total.